The van der Waals surface area contributed by atoms with Gasteiger partial charge < -0.3 is 5.73 Å². The number of aromatic nitrogens is 2. The molecule has 2 rings (SSSR count). The second kappa shape index (κ2) is 3.76. The number of halogens is 2. The molecule has 1 aromatic heterocycles. The number of anilines is 1. The molecule has 0 spiro atoms. The molecule has 1 aromatic carbocycles. The topological polar surface area (TPSA) is 54.7 Å². The molecule has 0 unspecified atom stereocenters. The van der Waals surface area contributed by atoms with Crippen molar-refractivity contribution in [3.05, 3.63) is 33.9 Å². The SMILES string of the molecule is Cc1[nH]nc(-c2ccc(Cl)c(Cl)c2)c1N. The fourth-order valence-corrected chi connectivity index (χ4v) is 1.60. The zero-order chi connectivity index (χ0) is 11.0. The van der Waals surface area contributed by atoms with Crippen molar-refractivity contribution in [1.82, 2.24) is 10.2 Å². The molecule has 0 aliphatic carbocycles. The van der Waals surface area contributed by atoms with Crippen LogP contribution in [0.15, 0.2) is 18.2 Å². The van der Waals surface area contributed by atoms with E-state index in [1.54, 1.807) is 12.1 Å². The molecule has 5 heteroatoms. The highest BCUT2D eigenvalue weighted by Gasteiger charge is 2.10. The molecule has 0 atom stereocenters. The molecule has 0 aliphatic heterocycles. The number of aromatic amines is 1. The van der Waals surface area contributed by atoms with E-state index in [2.05, 4.69) is 10.2 Å². The van der Waals surface area contributed by atoms with Gasteiger partial charge in [0.05, 0.1) is 21.4 Å². The van der Waals surface area contributed by atoms with Crippen LogP contribution in [-0.4, -0.2) is 10.2 Å². The monoisotopic (exact) mass is 241 g/mol. The van der Waals surface area contributed by atoms with Crippen LogP contribution in [0.25, 0.3) is 11.3 Å². The van der Waals surface area contributed by atoms with Gasteiger partial charge in [0, 0.05) is 5.56 Å². The van der Waals surface area contributed by atoms with Crippen molar-refractivity contribution in [2.45, 2.75) is 6.92 Å². The summed E-state index contributed by atoms with van der Waals surface area (Å²) in [5, 5.41) is 7.94. The van der Waals surface area contributed by atoms with Gasteiger partial charge in [-0.25, -0.2) is 0 Å². The van der Waals surface area contributed by atoms with Crippen LogP contribution in [-0.2, 0) is 0 Å². The predicted octanol–water partition coefficient (Wildman–Crippen LogP) is 3.27. The van der Waals surface area contributed by atoms with Gasteiger partial charge in [0.1, 0.15) is 5.69 Å². The number of benzene rings is 1. The van der Waals surface area contributed by atoms with E-state index < -0.39 is 0 Å². The van der Waals surface area contributed by atoms with Crippen LogP contribution in [0.2, 0.25) is 10.0 Å². The Bertz CT molecular complexity index is 505. The lowest BCUT2D eigenvalue weighted by atomic mass is 10.1. The number of nitrogens with zero attached hydrogens (tertiary/aromatic N) is 1. The molecule has 78 valence electrons. The molecular formula is C10H9Cl2N3. The molecule has 3 nitrogen and oxygen atoms in total. The number of hydrogen-bond acceptors (Lipinski definition) is 2. The third-order valence-corrected chi connectivity index (χ3v) is 2.93. The summed E-state index contributed by atoms with van der Waals surface area (Å²) in [6, 6.07) is 5.30. The standard InChI is InChI=1S/C10H9Cl2N3/c1-5-9(13)10(15-14-5)6-2-3-7(11)8(12)4-6/h2-4H,13H2,1H3,(H,14,15). The summed E-state index contributed by atoms with van der Waals surface area (Å²) >= 11 is 11.7. The smallest absolute Gasteiger partial charge is 0.115 e. The van der Waals surface area contributed by atoms with Crippen molar-refractivity contribution >= 4 is 28.9 Å². The Morgan fingerprint density at radius 1 is 1.27 bits per heavy atom. The summed E-state index contributed by atoms with van der Waals surface area (Å²) in [5.74, 6) is 0. The molecule has 2 aromatic rings. The molecule has 0 amide bonds. The number of H-pyrrole nitrogens is 1. The lowest BCUT2D eigenvalue weighted by molar-refractivity contribution is 1.05. The third kappa shape index (κ3) is 1.80. The van der Waals surface area contributed by atoms with Crippen LogP contribution in [0, 0.1) is 6.92 Å². The number of nitrogens with one attached hydrogen (secondary N) is 1. The minimum absolute atomic E-state index is 0.495. The Morgan fingerprint density at radius 2 is 2.00 bits per heavy atom. The quantitative estimate of drug-likeness (QED) is 0.806. The van der Waals surface area contributed by atoms with Crippen LogP contribution in [0.3, 0.4) is 0 Å². The maximum Gasteiger partial charge on any atom is 0.115 e. The minimum atomic E-state index is 0.495. The van der Waals surface area contributed by atoms with Crippen LogP contribution in [0.1, 0.15) is 5.69 Å². The van der Waals surface area contributed by atoms with Gasteiger partial charge in [-0.15, -0.1) is 0 Å². The van der Waals surface area contributed by atoms with E-state index in [0.29, 0.717) is 21.4 Å². The van der Waals surface area contributed by atoms with Crippen molar-refractivity contribution in [2.24, 2.45) is 0 Å². The van der Waals surface area contributed by atoms with E-state index in [-0.39, 0.29) is 0 Å². The highest BCUT2D eigenvalue weighted by molar-refractivity contribution is 6.42. The third-order valence-electron chi connectivity index (χ3n) is 2.19. The van der Waals surface area contributed by atoms with E-state index in [4.69, 9.17) is 28.9 Å². The van der Waals surface area contributed by atoms with Crippen molar-refractivity contribution in [3.8, 4) is 11.3 Å². The molecule has 0 aliphatic rings. The molecule has 0 saturated heterocycles. The van der Waals surface area contributed by atoms with Crippen LogP contribution >= 0.6 is 23.2 Å². The summed E-state index contributed by atoms with van der Waals surface area (Å²) in [7, 11) is 0. The fraction of sp³-hybridized carbons (Fsp3) is 0.100. The summed E-state index contributed by atoms with van der Waals surface area (Å²) < 4.78 is 0. The Kier molecular flexibility index (Phi) is 2.59. The average Bonchev–Trinajstić information content (AvgIpc) is 2.53. The van der Waals surface area contributed by atoms with Gasteiger partial charge in [0.25, 0.3) is 0 Å². The maximum absolute atomic E-state index is 5.91. The van der Waals surface area contributed by atoms with E-state index in [1.807, 2.05) is 13.0 Å². The van der Waals surface area contributed by atoms with Crippen molar-refractivity contribution < 1.29 is 0 Å². The summed E-state index contributed by atoms with van der Waals surface area (Å²) in [5.41, 5.74) is 8.88. The first-order valence-corrected chi connectivity index (χ1v) is 5.11. The first kappa shape index (κ1) is 10.3. The van der Waals surface area contributed by atoms with Crippen LogP contribution in [0.5, 0.6) is 0 Å². The van der Waals surface area contributed by atoms with Gasteiger partial charge in [0.15, 0.2) is 0 Å². The van der Waals surface area contributed by atoms with E-state index in [1.165, 1.54) is 0 Å². The van der Waals surface area contributed by atoms with Gasteiger partial charge in [-0.05, 0) is 19.1 Å². The van der Waals surface area contributed by atoms with Gasteiger partial charge in [-0.1, -0.05) is 29.3 Å². The number of nitrogen functional groups attached to an aromatic ring is 1. The zero-order valence-corrected chi connectivity index (χ0v) is 9.52. The zero-order valence-electron chi connectivity index (χ0n) is 8.01. The Labute approximate surface area is 97.2 Å². The van der Waals surface area contributed by atoms with Gasteiger partial charge >= 0.3 is 0 Å². The average molecular weight is 242 g/mol. The number of aryl methyl sites for hydroxylation is 1. The van der Waals surface area contributed by atoms with Gasteiger partial charge in [-0.3, -0.25) is 5.10 Å². The second-order valence-electron chi connectivity index (χ2n) is 3.24. The molecule has 15 heavy (non-hydrogen) atoms. The Balaban J connectivity index is 2.55. The first-order chi connectivity index (χ1) is 7.09. The summed E-state index contributed by atoms with van der Waals surface area (Å²) in [4.78, 5) is 0. The Hall–Kier alpha value is -1.19. The molecule has 3 N–H and O–H groups in total. The lowest BCUT2D eigenvalue weighted by Gasteiger charge is -2.01. The molecule has 0 radical (unpaired) electrons. The van der Waals surface area contributed by atoms with E-state index in [0.717, 1.165) is 11.3 Å². The Morgan fingerprint density at radius 3 is 2.53 bits per heavy atom. The number of hydrogen-bond donors (Lipinski definition) is 2. The van der Waals surface area contributed by atoms with E-state index in [9.17, 15) is 0 Å². The molecular weight excluding hydrogens is 233 g/mol. The van der Waals surface area contributed by atoms with Crippen LogP contribution in [0.4, 0.5) is 5.69 Å². The van der Waals surface area contributed by atoms with Crippen molar-refractivity contribution in [2.75, 3.05) is 5.73 Å². The summed E-state index contributed by atoms with van der Waals surface area (Å²) in [6.45, 7) is 1.86. The van der Waals surface area contributed by atoms with E-state index >= 15 is 0 Å². The minimum Gasteiger partial charge on any atom is -0.395 e. The van der Waals surface area contributed by atoms with Crippen molar-refractivity contribution in [3.63, 3.8) is 0 Å². The molecule has 1 heterocycles. The number of rotatable bonds is 1. The highest BCUT2D eigenvalue weighted by atomic mass is 35.5. The van der Waals surface area contributed by atoms with Crippen LogP contribution < -0.4 is 5.73 Å². The number of nitrogens with two attached hydrogens (primary N) is 1. The van der Waals surface area contributed by atoms with Gasteiger partial charge in [0.2, 0.25) is 0 Å². The van der Waals surface area contributed by atoms with Crippen molar-refractivity contribution in [1.29, 1.82) is 0 Å². The lowest BCUT2D eigenvalue weighted by Crippen LogP contribution is -1.88. The summed E-state index contributed by atoms with van der Waals surface area (Å²) in [6.07, 6.45) is 0. The fourth-order valence-electron chi connectivity index (χ4n) is 1.30. The maximum atomic E-state index is 5.91. The normalized spacial score (nSPS) is 10.6. The predicted molar refractivity (Wildman–Crippen MR) is 63.2 cm³/mol. The molecule has 0 fully saturated rings. The molecule has 0 bridgehead atoms. The highest BCUT2D eigenvalue weighted by Crippen LogP contribution is 2.31. The largest absolute Gasteiger partial charge is 0.395 e. The van der Waals surface area contributed by atoms with Gasteiger partial charge in [-0.2, -0.15) is 5.10 Å². The second-order valence-corrected chi connectivity index (χ2v) is 4.05. The first-order valence-electron chi connectivity index (χ1n) is 4.35. The molecule has 0 saturated carbocycles.